The topological polar surface area (TPSA) is 103 Å². The van der Waals surface area contributed by atoms with Gasteiger partial charge in [-0.2, -0.15) is 4.91 Å². The molecule has 0 fully saturated rings. The molecule has 0 radical (unpaired) electrons. The molecule has 0 aliphatic carbocycles. The molecule has 0 aliphatic rings. The minimum absolute atomic E-state index is 0.00630. The van der Waals surface area contributed by atoms with E-state index in [9.17, 15) is 19.8 Å². The highest BCUT2D eigenvalue weighted by Gasteiger charge is 2.16. The fourth-order valence-corrected chi connectivity index (χ4v) is 1.50. The van der Waals surface area contributed by atoms with Gasteiger partial charge in [0.15, 0.2) is 5.43 Å². The van der Waals surface area contributed by atoms with Gasteiger partial charge in [-0.05, 0) is 6.07 Å². The van der Waals surface area contributed by atoms with Gasteiger partial charge in [-0.25, -0.2) is 0 Å². The van der Waals surface area contributed by atoms with Crippen molar-refractivity contribution in [2.75, 3.05) is 0 Å². The predicted molar refractivity (Wildman–Crippen MR) is 58.6 cm³/mol. The molecule has 0 atom stereocenters. The maximum atomic E-state index is 11.6. The lowest BCUT2D eigenvalue weighted by Crippen LogP contribution is -2.03. The normalized spacial score (nSPS) is 10.4. The van der Waals surface area contributed by atoms with Crippen molar-refractivity contribution in [3.8, 4) is 0 Å². The predicted octanol–water partition coefficient (Wildman–Crippen LogP) is 1.97. The first-order valence-electron chi connectivity index (χ1n) is 4.62. The van der Waals surface area contributed by atoms with Gasteiger partial charge < -0.3 is 4.42 Å². The summed E-state index contributed by atoms with van der Waals surface area (Å²) in [7, 11) is 0. The fourth-order valence-electron chi connectivity index (χ4n) is 1.50. The smallest absolute Gasteiger partial charge is 0.312 e. The molecule has 0 saturated heterocycles. The molecule has 0 saturated carbocycles. The molecule has 2 aromatic rings. The van der Waals surface area contributed by atoms with E-state index in [2.05, 4.69) is 5.18 Å². The number of fused-ring (bicyclic) bond motifs is 1. The third-order valence-electron chi connectivity index (χ3n) is 2.20. The van der Waals surface area contributed by atoms with E-state index in [0.29, 0.717) is 0 Å². The summed E-state index contributed by atoms with van der Waals surface area (Å²) in [4.78, 5) is 31.8. The highest BCUT2D eigenvalue weighted by Crippen LogP contribution is 2.24. The molecule has 7 heteroatoms. The van der Waals surface area contributed by atoms with Crippen LogP contribution in [-0.2, 0) is 6.54 Å². The van der Waals surface area contributed by atoms with E-state index < -0.39 is 10.4 Å². The van der Waals surface area contributed by atoms with E-state index >= 15 is 0 Å². The molecule has 0 spiro atoms. The molecule has 0 unspecified atom stereocenters. The number of hydrogen-bond acceptors (Lipinski definition) is 6. The van der Waals surface area contributed by atoms with Crippen LogP contribution in [0.1, 0.15) is 5.76 Å². The van der Waals surface area contributed by atoms with Crippen molar-refractivity contribution < 1.29 is 9.34 Å². The Labute approximate surface area is 93.8 Å². The maximum Gasteiger partial charge on any atom is 0.312 e. The average Bonchev–Trinajstić information content (AvgIpc) is 2.28. The van der Waals surface area contributed by atoms with Crippen molar-refractivity contribution >= 4 is 16.7 Å². The number of para-hydroxylation sites is 1. The average molecular weight is 234 g/mol. The zero-order valence-corrected chi connectivity index (χ0v) is 8.45. The molecule has 1 aromatic heterocycles. The monoisotopic (exact) mass is 234 g/mol. The van der Waals surface area contributed by atoms with Gasteiger partial charge in [0.1, 0.15) is 12.3 Å². The number of nitro benzene ring substituents is 1. The van der Waals surface area contributed by atoms with E-state index in [-0.39, 0.29) is 29.0 Å². The van der Waals surface area contributed by atoms with E-state index in [1.165, 1.54) is 18.2 Å². The Morgan fingerprint density at radius 1 is 1.41 bits per heavy atom. The summed E-state index contributed by atoms with van der Waals surface area (Å²) in [5.41, 5.74) is -0.885. The summed E-state index contributed by atoms with van der Waals surface area (Å²) in [5, 5.41) is 13.4. The quantitative estimate of drug-likeness (QED) is 0.458. The molecule has 1 heterocycles. The molecule has 0 bridgehead atoms. The zero-order valence-electron chi connectivity index (χ0n) is 8.45. The standard InChI is InChI=1S/C10H6N2O5/c13-9-4-6(5-11-14)17-10-7(9)2-1-3-8(10)12(15)16/h1-4H,5H2. The molecule has 7 nitrogen and oxygen atoms in total. The SMILES string of the molecule is O=NCc1cc(=O)c2cccc([N+](=O)[O-])c2o1. The van der Waals surface area contributed by atoms with Crippen molar-refractivity contribution in [3.63, 3.8) is 0 Å². The van der Waals surface area contributed by atoms with Gasteiger partial charge in [0, 0.05) is 12.1 Å². The first-order valence-corrected chi connectivity index (χ1v) is 4.62. The fraction of sp³-hybridized carbons (Fsp3) is 0.100. The van der Waals surface area contributed by atoms with Gasteiger partial charge >= 0.3 is 5.69 Å². The number of nitroso groups, excluding NO2 is 1. The third kappa shape index (κ3) is 1.89. The van der Waals surface area contributed by atoms with Crippen molar-refractivity contribution in [3.05, 3.63) is 55.3 Å². The summed E-state index contributed by atoms with van der Waals surface area (Å²) in [5.74, 6) is 0.00630. The van der Waals surface area contributed by atoms with E-state index in [0.717, 1.165) is 6.07 Å². The summed E-state index contributed by atoms with van der Waals surface area (Å²) >= 11 is 0. The Kier molecular flexibility index (Phi) is 2.65. The molecule has 86 valence electrons. The number of nitrogens with zero attached hydrogens (tertiary/aromatic N) is 2. The number of benzene rings is 1. The van der Waals surface area contributed by atoms with Crippen LogP contribution in [-0.4, -0.2) is 4.92 Å². The summed E-state index contributed by atoms with van der Waals surface area (Å²) in [6.45, 7) is -0.336. The number of nitro groups is 1. The van der Waals surface area contributed by atoms with Crippen LogP contribution in [0, 0.1) is 15.0 Å². The second-order valence-electron chi connectivity index (χ2n) is 3.28. The second kappa shape index (κ2) is 4.12. The van der Waals surface area contributed by atoms with Crippen LogP contribution >= 0.6 is 0 Å². The van der Waals surface area contributed by atoms with Crippen molar-refractivity contribution in [2.45, 2.75) is 6.54 Å². The van der Waals surface area contributed by atoms with E-state index in [1.807, 2.05) is 0 Å². The first-order chi connectivity index (χ1) is 8.13. The van der Waals surface area contributed by atoms with Gasteiger partial charge in [0.25, 0.3) is 0 Å². The summed E-state index contributed by atoms with van der Waals surface area (Å²) in [6, 6.07) is 5.15. The van der Waals surface area contributed by atoms with Crippen LogP contribution in [0.4, 0.5) is 5.69 Å². The minimum atomic E-state index is -0.649. The molecular weight excluding hydrogens is 228 g/mol. The Morgan fingerprint density at radius 2 is 2.18 bits per heavy atom. The Bertz CT molecular complexity index is 661. The number of rotatable bonds is 3. The van der Waals surface area contributed by atoms with Crippen LogP contribution < -0.4 is 5.43 Å². The molecule has 17 heavy (non-hydrogen) atoms. The molecular formula is C10H6N2O5. The van der Waals surface area contributed by atoms with Crippen molar-refractivity contribution in [2.24, 2.45) is 5.18 Å². The van der Waals surface area contributed by atoms with Crippen LogP contribution in [0.15, 0.2) is 38.7 Å². The van der Waals surface area contributed by atoms with E-state index in [4.69, 9.17) is 4.42 Å². The summed E-state index contributed by atoms with van der Waals surface area (Å²) < 4.78 is 5.14. The van der Waals surface area contributed by atoms with Crippen molar-refractivity contribution in [1.82, 2.24) is 0 Å². The molecule has 2 rings (SSSR count). The number of non-ortho nitro benzene ring substituents is 1. The van der Waals surface area contributed by atoms with E-state index in [1.54, 1.807) is 0 Å². The van der Waals surface area contributed by atoms with Gasteiger partial charge in [-0.15, -0.1) is 0 Å². The lowest BCUT2D eigenvalue weighted by molar-refractivity contribution is -0.383. The zero-order chi connectivity index (χ0) is 12.4. The van der Waals surface area contributed by atoms with Crippen LogP contribution in [0.2, 0.25) is 0 Å². The summed E-state index contributed by atoms with van der Waals surface area (Å²) in [6.07, 6.45) is 0. The third-order valence-corrected chi connectivity index (χ3v) is 2.20. The van der Waals surface area contributed by atoms with Gasteiger partial charge in [0.2, 0.25) is 5.58 Å². The van der Waals surface area contributed by atoms with Crippen LogP contribution in [0.5, 0.6) is 0 Å². The van der Waals surface area contributed by atoms with Crippen molar-refractivity contribution in [1.29, 1.82) is 0 Å². The Balaban J connectivity index is 2.83. The Morgan fingerprint density at radius 3 is 2.82 bits per heavy atom. The molecule has 0 N–H and O–H groups in total. The molecule has 0 aliphatic heterocycles. The second-order valence-corrected chi connectivity index (χ2v) is 3.28. The lowest BCUT2D eigenvalue weighted by atomic mass is 10.2. The van der Waals surface area contributed by atoms with Gasteiger partial charge in [-0.3, -0.25) is 14.9 Å². The molecule has 0 amide bonds. The van der Waals surface area contributed by atoms with Crippen LogP contribution in [0.3, 0.4) is 0 Å². The number of hydrogen-bond donors (Lipinski definition) is 0. The first kappa shape index (κ1) is 10.9. The minimum Gasteiger partial charge on any atom is -0.451 e. The largest absolute Gasteiger partial charge is 0.451 e. The highest BCUT2D eigenvalue weighted by molar-refractivity contribution is 5.84. The van der Waals surface area contributed by atoms with Gasteiger partial charge in [0.05, 0.1) is 10.3 Å². The highest BCUT2D eigenvalue weighted by atomic mass is 16.6. The van der Waals surface area contributed by atoms with Gasteiger partial charge in [-0.1, -0.05) is 11.2 Å². The Hall–Kier alpha value is -2.57. The lowest BCUT2D eigenvalue weighted by Gasteiger charge is -2.00. The van der Waals surface area contributed by atoms with Crippen LogP contribution in [0.25, 0.3) is 11.0 Å². The maximum absolute atomic E-state index is 11.6. The molecule has 1 aromatic carbocycles.